The quantitative estimate of drug-likeness (QED) is 0.311. The van der Waals surface area contributed by atoms with Crippen LogP contribution in [0.1, 0.15) is 22.1 Å². The van der Waals surface area contributed by atoms with E-state index in [1.807, 2.05) is 108 Å². The maximum absolute atomic E-state index is 12.7. The van der Waals surface area contributed by atoms with Gasteiger partial charge in [0.1, 0.15) is 0 Å². The molecule has 4 rings (SSSR count). The lowest BCUT2D eigenvalue weighted by molar-refractivity contribution is -0.744. The maximum Gasteiger partial charge on any atom is 0.343 e. The molecule has 0 aliphatic rings. The second kappa shape index (κ2) is 9.48. The summed E-state index contributed by atoms with van der Waals surface area (Å²) in [6.45, 7) is 0. The van der Waals surface area contributed by atoms with Gasteiger partial charge < -0.3 is 4.74 Å². The molecular formula is C27H22NO2+. The van der Waals surface area contributed by atoms with E-state index in [0.29, 0.717) is 5.56 Å². The van der Waals surface area contributed by atoms with Crippen molar-refractivity contribution in [2.45, 2.75) is 6.23 Å². The Morgan fingerprint density at radius 3 is 1.87 bits per heavy atom. The minimum atomic E-state index is -0.567. The topological polar surface area (TPSA) is 30.2 Å². The monoisotopic (exact) mass is 392 g/mol. The predicted octanol–water partition coefficient (Wildman–Crippen LogP) is 5.71. The molecule has 3 heteroatoms. The van der Waals surface area contributed by atoms with Crippen LogP contribution in [0.15, 0.2) is 122 Å². The molecule has 0 N–H and O–H groups in total. The summed E-state index contributed by atoms with van der Waals surface area (Å²) in [7, 11) is 0. The van der Waals surface area contributed by atoms with Crippen LogP contribution >= 0.6 is 0 Å². The molecule has 0 saturated carbocycles. The third kappa shape index (κ3) is 4.89. The van der Waals surface area contributed by atoms with Crippen LogP contribution in [0.25, 0.3) is 17.2 Å². The number of nitrogens with zero attached hydrogens (tertiary/aromatic N) is 1. The Morgan fingerprint density at radius 1 is 0.700 bits per heavy atom. The lowest BCUT2D eigenvalue weighted by Crippen LogP contribution is -2.40. The van der Waals surface area contributed by atoms with Gasteiger partial charge in [0, 0.05) is 18.2 Å². The van der Waals surface area contributed by atoms with Crippen molar-refractivity contribution in [3.8, 4) is 11.1 Å². The molecule has 0 bridgehead atoms. The number of ether oxygens (including phenoxy) is 1. The van der Waals surface area contributed by atoms with Crippen LogP contribution in [-0.2, 0) is 4.74 Å². The van der Waals surface area contributed by atoms with E-state index in [2.05, 4.69) is 12.1 Å². The smallest absolute Gasteiger partial charge is 0.343 e. The number of hydrogen-bond acceptors (Lipinski definition) is 2. The molecule has 0 aliphatic carbocycles. The third-order valence-corrected chi connectivity index (χ3v) is 4.74. The standard InChI is InChI=1S/C27H22NO2/c29-27(25-14-8-3-9-15-25)30-26(17-16-22-10-4-1-5-11-22)28-20-18-24(19-21-28)23-12-6-2-7-13-23/h1-21,26H/q+1. The minimum absolute atomic E-state index is 0.363. The Hall–Kier alpha value is -3.98. The fourth-order valence-corrected chi connectivity index (χ4v) is 3.14. The highest BCUT2D eigenvalue weighted by atomic mass is 16.6. The van der Waals surface area contributed by atoms with Gasteiger partial charge in [0.05, 0.1) is 5.56 Å². The summed E-state index contributed by atoms with van der Waals surface area (Å²) in [5, 5.41) is 0. The highest BCUT2D eigenvalue weighted by Crippen LogP contribution is 2.18. The maximum atomic E-state index is 12.7. The van der Waals surface area contributed by atoms with E-state index in [9.17, 15) is 4.79 Å². The SMILES string of the molecule is O=C(OC(C=Cc1ccccc1)[n+]1ccc(-c2ccccc2)cc1)c1ccccc1. The van der Waals surface area contributed by atoms with Gasteiger partial charge in [-0.05, 0) is 34.9 Å². The Bertz CT molecular complexity index is 1110. The molecule has 1 unspecified atom stereocenters. The molecule has 0 radical (unpaired) electrons. The Balaban J connectivity index is 1.61. The Labute approximate surface area is 176 Å². The van der Waals surface area contributed by atoms with E-state index >= 15 is 0 Å². The van der Waals surface area contributed by atoms with Crippen LogP contribution in [0.5, 0.6) is 0 Å². The van der Waals surface area contributed by atoms with Gasteiger partial charge in [-0.2, -0.15) is 4.57 Å². The molecular weight excluding hydrogens is 370 g/mol. The number of carbonyl (C=O) groups is 1. The van der Waals surface area contributed by atoms with Crippen molar-refractivity contribution in [3.05, 3.63) is 133 Å². The highest BCUT2D eigenvalue weighted by Gasteiger charge is 2.21. The summed E-state index contributed by atoms with van der Waals surface area (Å²) in [6, 6.07) is 33.2. The van der Waals surface area contributed by atoms with E-state index in [0.717, 1.165) is 16.7 Å². The molecule has 1 atom stereocenters. The van der Waals surface area contributed by atoms with Gasteiger partial charge in [0.2, 0.25) is 0 Å². The van der Waals surface area contributed by atoms with E-state index in [4.69, 9.17) is 4.74 Å². The number of pyridine rings is 1. The van der Waals surface area contributed by atoms with Crippen molar-refractivity contribution in [1.82, 2.24) is 0 Å². The first-order valence-corrected chi connectivity index (χ1v) is 9.85. The molecule has 0 spiro atoms. The van der Waals surface area contributed by atoms with Gasteiger partial charge in [-0.1, -0.05) is 78.9 Å². The number of hydrogen-bond donors (Lipinski definition) is 0. The molecule has 146 valence electrons. The van der Waals surface area contributed by atoms with Crippen LogP contribution in [0.3, 0.4) is 0 Å². The predicted molar refractivity (Wildman–Crippen MR) is 118 cm³/mol. The summed E-state index contributed by atoms with van der Waals surface area (Å²) in [6.07, 6.45) is 7.14. The van der Waals surface area contributed by atoms with Crippen molar-refractivity contribution in [1.29, 1.82) is 0 Å². The van der Waals surface area contributed by atoms with Crippen molar-refractivity contribution in [2.24, 2.45) is 0 Å². The highest BCUT2D eigenvalue weighted by molar-refractivity contribution is 5.89. The minimum Gasteiger partial charge on any atom is -0.395 e. The van der Waals surface area contributed by atoms with E-state index in [1.54, 1.807) is 12.1 Å². The van der Waals surface area contributed by atoms with Gasteiger partial charge >= 0.3 is 12.2 Å². The number of carbonyl (C=O) groups excluding carboxylic acids is 1. The lowest BCUT2D eigenvalue weighted by Gasteiger charge is -2.11. The van der Waals surface area contributed by atoms with Gasteiger partial charge in [0.25, 0.3) is 0 Å². The molecule has 0 saturated heterocycles. The lowest BCUT2D eigenvalue weighted by atomic mass is 10.1. The first kappa shape index (κ1) is 19.3. The first-order chi connectivity index (χ1) is 14.8. The normalized spacial score (nSPS) is 11.9. The van der Waals surface area contributed by atoms with E-state index in [1.165, 1.54) is 0 Å². The fourth-order valence-electron chi connectivity index (χ4n) is 3.14. The summed E-state index contributed by atoms with van der Waals surface area (Å²) in [4.78, 5) is 12.7. The zero-order valence-electron chi connectivity index (χ0n) is 16.5. The Kier molecular flexibility index (Phi) is 6.11. The third-order valence-electron chi connectivity index (χ3n) is 4.74. The van der Waals surface area contributed by atoms with Crippen molar-refractivity contribution in [3.63, 3.8) is 0 Å². The molecule has 30 heavy (non-hydrogen) atoms. The van der Waals surface area contributed by atoms with Gasteiger partial charge in [-0.25, -0.2) is 4.79 Å². The number of rotatable bonds is 6. The molecule has 1 heterocycles. The molecule has 0 fully saturated rings. The zero-order valence-corrected chi connectivity index (χ0v) is 16.5. The molecule has 3 nitrogen and oxygen atoms in total. The summed E-state index contributed by atoms with van der Waals surface area (Å²) >= 11 is 0. The average Bonchev–Trinajstić information content (AvgIpc) is 2.83. The molecule has 3 aromatic carbocycles. The van der Waals surface area contributed by atoms with E-state index < -0.39 is 6.23 Å². The van der Waals surface area contributed by atoms with Crippen LogP contribution < -0.4 is 4.57 Å². The number of benzene rings is 3. The van der Waals surface area contributed by atoms with E-state index in [-0.39, 0.29) is 5.97 Å². The summed E-state index contributed by atoms with van der Waals surface area (Å²) < 4.78 is 7.71. The van der Waals surface area contributed by atoms with Crippen LogP contribution in [-0.4, -0.2) is 5.97 Å². The van der Waals surface area contributed by atoms with Crippen molar-refractivity contribution < 1.29 is 14.1 Å². The summed E-state index contributed by atoms with van der Waals surface area (Å²) in [5.74, 6) is -0.363. The fraction of sp³-hybridized carbons (Fsp3) is 0.0370. The molecule has 1 aromatic heterocycles. The second-order valence-electron chi connectivity index (χ2n) is 6.83. The number of aromatic nitrogens is 1. The zero-order chi connectivity index (χ0) is 20.6. The molecule has 0 aliphatic heterocycles. The summed E-state index contributed by atoms with van der Waals surface area (Å²) in [5.41, 5.74) is 3.81. The second-order valence-corrected chi connectivity index (χ2v) is 6.83. The van der Waals surface area contributed by atoms with Gasteiger partial charge in [0.15, 0.2) is 12.4 Å². The van der Waals surface area contributed by atoms with Crippen molar-refractivity contribution in [2.75, 3.05) is 0 Å². The van der Waals surface area contributed by atoms with Crippen LogP contribution in [0.4, 0.5) is 0 Å². The van der Waals surface area contributed by atoms with Crippen molar-refractivity contribution >= 4 is 12.0 Å². The average molecular weight is 392 g/mol. The van der Waals surface area contributed by atoms with Gasteiger partial charge in [-0.3, -0.25) is 0 Å². The largest absolute Gasteiger partial charge is 0.395 e. The van der Waals surface area contributed by atoms with Crippen LogP contribution in [0, 0.1) is 0 Å². The number of esters is 1. The van der Waals surface area contributed by atoms with Gasteiger partial charge in [-0.15, -0.1) is 0 Å². The Morgan fingerprint density at radius 2 is 1.23 bits per heavy atom. The molecule has 4 aromatic rings. The first-order valence-electron chi connectivity index (χ1n) is 9.85. The molecule has 0 amide bonds. The van der Waals surface area contributed by atoms with Crippen LogP contribution in [0.2, 0.25) is 0 Å².